The number of carbonyl (C=O) groups is 1. The van der Waals surface area contributed by atoms with Gasteiger partial charge in [-0.1, -0.05) is 79.8 Å². The molecule has 0 unspecified atom stereocenters. The molecule has 0 aromatic rings. The monoisotopic (exact) mass is 328 g/mol. The molecular weight excluding hydrogens is 296 g/mol. The SMILES string of the molecule is CC/C=C/C/C=C/C/C=C/C/C=C\C/C=C/C/C=C\CCC(=O)O. The first-order valence-electron chi connectivity index (χ1n) is 8.89. The molecule has 0 saturated carbocycles. The van der Waals surface area contributed by atoms with Gasteiger partial charge in [-0.15, -0.1) is 0 Å². The van der Waals surface area contributed by atoms with Gasteiger partial charge in [0.2, 0.25) is 0 Å². The molecule has 0 radical (unpaired) electrons. The van der Waals surface area contributed by atoms with Crippen molar-refractivity contribution in [2.75, 3.05) is 0 Å². The smallest absolute Gasteiger partial charge is 0.303 e. The van der Waals surface area contributed by atoms with Crippen LogP contribution >= 0.6 is 0 Å². The molecule has 0 fully saturated rings. The second-order valence-electron chi connectivity index (χ2n) is 5.35. The maximum atomic E-state index is 10.3. The van der Waals surface area contributed by atoms with Gasteiger partial charge < -0.3 is 5.11 Å². The van der Waals surface area contributed by atoms with Crippen LogP contribution in [-0.2, 0) is 4.79 Å². The van der Waals surface area contributed by atoms with Crippen LogP contribution < -0.4 is 0 Å². The van der Waals surface area contributed by atoms with E-state index in [2.05, 4.69) is 67.7 Å². The Balaban J connectivity index is 3.51. The van der Waals surface area contributed by atoms with Gasteiger partial charge in [0.15, 0.2) is 0 Å². The lowest BCUT2D eigenvalue weighted by Crippen LogP contribution is -1.91. The van der Waals surface area contributed by atoms with Gasteiger partial charge in [0, 0.05) is 6.42 Å². The molecule has 0 atom stereocenters. The molecule has 2 heteroatoms. The summed E-state index contributed by atoms with van der Waals surface area (Å²) in [5.74, 6) is -0.741. The van der Waals surface area contributed by atoms with Crippen LogP contribution in [0.1, 0.15) is 58.3 Å². The summed E-state index contributed by atoms with van der Waals surface area (Å²) in [6.45, 7) is 2.15. The summed E-state index contributed by atoms with van der Waals surface area (Å²) in [7, 11) is 0. The van der Waals surface area contributed by atoms with Crippen molar-refractivity contribution in [3.05, 3.63) is 72.9 Å². The van der Waals surface area contributed by atoms with Gasteiger partial charge in [0.1, 0.15) is 0 Å². The standard InChI is InChI=1S/C22H32O2/c1-2-3-4-5-6-7-8-9-10-11-12-13-14-15-16-17-18-19-20-21-22(23)24/h3-4,6-7,9-10,12-13,15-16,18-19H,2,5,8,11,14,17,20-21H2,1H3,(H,23,24)/b4-3+,7-6+,10-9+,13-12-,16-15+,19-18-. The quantitative estimate of drug-likeness (QED) is 0.367. The van der Waals surface area contributed by atoms with Crippen LogP contribution in [0.3, 0.4) is 0 Å². The zero-order valence-electron chi connectivity index (χ0n) is 14.9. The molecule has 2 nitrogen and oxygen atoms in total. The van der Waals surface area contributed by atoms with Crippen molar-refractivity contribution in [2.24, 2.45) is 0 Å². The molecule has 0 aromatic carbocycles. The molecule has 0 spiro atoms. The topological polar surface area (TPSA) is 37.3 Å². The first kappa shape index (κ1) is 21.9. The summed E-state index contributed by atoms with van der Waals surface area (Å²) in [5, 5.41) is 8.49. The molecule has 0 bridgehead atoms. The van der Waals surface area contributed by atoms with E-state index in [1.165, 1.54) is 0 Å². The minimum absolute atomic E-state index is 0.210. The predicted octanol–water partition coefficient (Wildman–Crippen LogP) is 6.55. The van der Waals surface area contributed by atoms with Gasteiger partial charge in [-0.25, -0.2) is 0 Å². The molecule has 0 rings (SSSR count). The Morgan fingerprint density at radius 3 is 1.29 bits per heavy atom. The number of allylic oxidation sites excluding steroid dienone is 12. The highest BCUT2D eigenvalue weighted by Crippen LogP contribution is 1.97. The highest BCUT2D eigenvalue weighted by Gasteiger charge is 1.90. The molecule has 132 valence electrons. The fourth-order valence-electron chi connectivity index (χ4n) is 1.85. The van der Waals surface area contributed by atoms with Crippen molar-refractivity contribution in [3.8, 4) is 0 Å². The van der Waals surface area contributed by atoms with Crippen molar-refractivity contribution in [1.82, 2.24) is 0 Å². The average Bonchev–Trinajstić information content (AvgIpc) is 2.56. The van der Waals surface area contributed by atoms with Crippen LogP contribution in [0, 0.1) is 0 Å². The zero-order valence-corrected chi connectivity index (χ0v) is 14.9. The van der Waals surface area contributed by atoms with E-state index in [-0.39, 0.29) is 6.42 Å². The number of carboxylic acid groups (broad SMARTS) is 1. The molecule has 0 saturated heterocycles. The number of hydrogen-bond donors (Lipinski definition) is 1. The minimum atomic E-state index is -0.741. The summed E-state index contributed by atoms with van der Waals surface area (Å²) in [4.78, 5) is 10.3. The third-order valence-corrected chi connectivity index (χ3v) is 3.12. The van der Waals surface area contributed by atoms with E-state index in [1.54, 1.807) is 0 Å². The second kappa shape index (κ2) is 19.0. The lowest BCUT2D eigenvalue weighted by atomic mass is 10.2. The Labute approximate surface area is 147 Å². The molecular formula is C22H32O2. The minimum Gasteiger partial charge on any atom is -0.481 e. The Bertz CT molecular complexity index is 462. The third-order valence-electron chi connectivity index (χ3n) is 3.12. The van der Waals surface area contributed by atoms with Crippen molar-refractivity contribution in [2.45, 2.75) is 58.3 Å². The summed E-state index contributed by atoms with van der Waals surface area (Å²) >= 11 is 0. The van der Waals surface area contributed by atoms with E-state index in [0.29, 0.717) is 6.42 Å². The van der Waals surface area contributed by atoms with E-state index < -0.39 is 5.97 Å². The van der Waals surface area contributed by atoms with Gasteiger partial charge >= 0.3 is 5.97 Å². The maximum Gasteiger partial charge on any atom is 0.303 e. The zero-order chi connectivity index (χ0) is 17.7. The number of carboxylic acids is 1. The molecule has 0 aromatic heterocycles. The highest BCUT2D eigenvalue weighted by molar-refractivity contribution is 5.66. The van der Waals surface area contributed by atoms with Crippen LogP contribution in [0.2, 0.25) is 0 Å². The molecule has 0 aliphatic heterocycles. The molecule has 24 heavy (non-hydrogen) atoms. The van der Waals surface area contributed by atoms with E-state index in [1.807, 2.05) is 12.2 Å². The van der Waals surface area contributed by atoms with E-state index in [0.717, 1.165) is 38.5 Å². The fraction of sp³-hybridized carbons (Fsp3) is 0.409. The summed E-state index contributed by atoms with van der Waals surface area (Å²) < 4.78 is 0. The van der Waals surface area contributed by atoms with Gasteiger partial charge in [-0.3, -0.25) is 4.79 Å². The summed E-state index contributed by atoms with van der Waals surface area (Å²) in [6.07, 6.45) is 32.5. The first-order valence-corrected chi connectivity index (χ1v) is 8.89. The van der Waals surface area contributed by atoms with Crippen molar-refractivity contribution in [1.29, 1.82) is 0 Å². The first-order chi connectivity index (χ1) is 11.8. The van der Waals surface area contributed by atoms with Crippen LogP contribution in [0.4, 0.5) is 0 Å². The van der Waals surface area contributed by atoms with Crippen molar-refractivity contribution < 1.29 is 9.90 Å². The third kappa shape index (κ3) is 19.9. The number of rotatable bonds is 14. The average molecular weight is 328 g/mol. The summed E-state index contributed by atoms with van der Waals surface area (Å²) in [5.41, 5.74) is 0. The lowest BCUT2D eigenvalue weighted by Gasteiger charge is -1.87. The van der Waals surface area contributed by atoms with Crippen LogP contribution in [0.25, 0.3) is 0 Å². The predicted molar refractivity (Wildman–Crippen MR) is 105 cm³/mol. The van der Waals surface area contributed by atoms with Gasteiger partial charge in [-0.05, 0) is 44.9 Å². The second-order valence-corrected chi connectivity index (χ2v) is 5.35. The summed E-state index contributed by atoms with van der Waals surface area (Å²) in [6, 6.07) is 0. The van der Waals surface area contributed by atoms with E-state index >= 15 is 0 Å². The van der Waals surface area contributed by atoms with E-state index in [4.69, 9.17) is 5.11 Å². The van der Waals surface area contributed by atoms with Crippen LogP contribution in [0.15, 0.2) is 72.9 Å². The Morgan fingerprint density at radius 2 is 0.958 bits per heavy atom. The lowest BCUT2D eigenvalue weighted by molar-refractivity contribution is -0.136. The molecule has 0 amide bonds. The van der Waals surface area contributed by atoms with Crippen molar-refractivity contribution >= 4 is 5.97 Å². The van der Waals surface area contributed by atoms with Gasteiger partial charge in [-0.2, -0.15) is 0 Å². The van der Waals surface area contributed by atoms with E-state index in [9.17, 15) is 4.79 Å². The number of aliphatic carboxylic acids is 1. The fourth-order valence-corrected chi connectivity index (χ4v) is 1.85. The molecule has 1 N–H and O–H groups in total. The Hall–Kier alpha value is -2.09. The van der Waals surface area contributed by atoms with Gasteiger partial charge in [0.05, 0.1) is 0 Å². The normalized spacial score (nSPS) is 13.0. The Kier molecular flexibility index (Phi) is 17.3. The Morgan fingerprint density at radius 1 is 0.625 bits per heavy atom. The maximum absolute atomic E-state index is 10.3. The largest absolute Gasteiger partial charge is 0.481 e. The molecule has 0 heterocycles. The van der Waals surface area contributed by atoms with Crippen molar-refractivity contribution in [3.63, 3.8) is 0 Å². The highest BCUT2D eigenvalue weighted by atomic mass is 16.4. The molecule has 0 aliphatic carbocycles. The van der Waals surface area contributed by atoms with Crippen LogP contribution in [0.5, 0.6) is 0 Å². The van der Waals surface area contributed by atoms with Gasteiger partial charge in [0.25, 0.3) is 0 Å². The molecule has 0 aliphatic rings. The number of hydrogen-bond acceptors (Lipinski definition) is 1. The van der Waals surface area contributed by atoms with Crippen LogP contribution in [-0.4, -0.2) is 11.1 Å².